The van der Waals surface area contributed by atoms with Gasteiger partial charge in [-0.15, -0.1) is 0 Å². The second kappa shape index (κ2) is 19.9. The third-order valence-corrected chi connectivity index (χ3v) is 4.60. The molecular formula is C24H41NO3. The fraction of sp³-hybridized carbons (Fsp3) is 0.667. The second-order valence-corrected chi connectivity index (χ2v) is 7.17. The van der Waals surface area contributed by atoms with Crippen LogP contribution in [0.15, 0.2) is 37.0 Å². The Kier molecular flexibility index (Phi) is 18.6. The highest BCUT2D eigenvalue weighted by Crippen LogP contribution is 2.09. The predicted molar refractivity (Wildman–Crippen MR) is 118 cm³/mol. The number of nitrogens with zero attached hydrogens (tertiary/aromatic N) is 1. The van der Waals surface area contributed by atoms with Crippen molar-refractivity contribution in [1.82, 2.24) is 4.90 Å². The number of carbonyl (C=O) groups is 2. The van der Waals surface area contributed by atoms with Crippen LogP contribution in [0, 0.1) is 0 Å². The van der Waals surface area contributed by atoms with Crippen LogP contribution in [0.3, 0.4) is 0 Å². The number of esters is 1. The van der Waals surface area contributed by atoms with Crippen molar-refractivity contribution in [2.24, 2.45) is 0 Å². The lowest BCUT2D eigenvalue weighted by molar-refractivity contribution is -0.140. The average molecular weight is 392 g/mol. The fourth-order valence-corrected chi connectivity index (χ4v) is 2.75. The number of allylic oxidation sites excluding steroid dienone is 4. The van der Waals surface area contributed by atoms with E-state index >= 15 is 0 Å². The molecule has 0 aliphatic heterocycles. The maximum atomic E-state index is 12.0. The Balaban J connectivity index is 3.46. The molecule has 0 aromatic heterocycles. The molecule has 0 spiro atoms. The number of likely N-dealkylation sites (N-methyl/N-ethyl adjacent to an activating group) is 1. The van der Waals surface area contributed by atoms with Gasteiger partial charge in [-0.05, 0) is 38.5 Å². The molecule has 28 heavy (non-hydrogen) atoms. The summed E-state index contributed by atoms with van der Waals surface area (Å²) in [4.78, 5) is 24.5. The Labute approximate surface area is 172 Å². The summed E-state index contributed by atoms with van der Waals surface area (Å²) in [7, 11) is 1.75. The lowest BCUT2D eigenvalue weighted by Crippen LogP contribution is -2.30. The summed E-state index contributed by atoms with van der Waals surface area (Å²) in [6.07, 6.45) is 23.8. The van der Waals surface area contributed by atoms with Gasteiger partial charge < -0.3 is 9.64 Å². The molecule has 0 bridgehead atoms. The quantitative estimate of drug-likeness (QED) is 0.125. The van der Waals surface area contributed by atoms with E-state index in [1.165, 1.54) is 44.9 Å². The normalized spacial score (nSPS) is 11.2. The highest BCUT2D eigenvalue weighted by atomic mass is 16.5. The summed E-state index contributed by atoms with van der Waals surface area (Å²) in [6, 6.07) is 0. The van der Waals surface area contributed by atoms with Crippen LogP contribution in [-0.2, 0) is 14.3 Å². The summed E-state index contributed by atoms with van der Waals surface area (Å²) < 4.78 is 4.88. The molecule has 0 aromatic rings. The van der Waals surface area contributed by atoms with Crippen molar-refractivity contribution in [3.05, 3.63) is 37.0 Å². The van der Waals surface area contributed by atoms with Gasteiger partial charge in [0.1, 0.15) is 6.61 Å². The molecule has 0 atom stereocenters. The minimum atomic E-state index is -0.449. The monoisotopic (exact) mass is 391 g/mol. The van der Waals surface area contributed by atoms with Gasteiger partial charge in [-0.25, -0.2) is 4.79 Å². The largest absolute Gasteiger partial charge is 0.461 e. The molecule has 160 valence electrons. The van der Waals surface area contributed by atoms with Crippen molar-refractivity contribution >= 4 is 11.9 Å². The number of hydrogen-bond acceptors (Lipinski definition) is 3. The molecule has 1 amide bonds. The first-order chi connectivity index (χ1) is 13.6. The number of amides is 1. The molecule has 0 aliphatic rings. The van der Waals surface area contributed by atoms with E-state index in [4.69, 9.17) is 4.74 Å². The van der Waals surface area contributed by atoms with Crippen LogP contribution in [0.2, 0.25) is 0 Å². The van der Waals surface area contributed by atoms with E-state index < -0.39 is 5.97 Å². The van der Waals surface area contributed by atoms with E-state index in [1.807, 2.05) is 0 Å². The number of carbonyl (C=O) groups excluding carboxylic acids is 2. The summed E-state index contributed by atoms with van der Waals surface area (Å²) >= 11 is 0. The Morgan fingerprint density at radius 2 is 1.50 bits per heavy atom. The zero-order chi connectivity index (χ0) is 20.9. The van der Waals surface area contributed by atoms with E-state index in [1.54, 1.807) is 11.9 Å². The smallest absolute Gasteiger partial charge is 0.330 e. The third-order valence-electron chi connectivity index (χ3n) is 4.60. The van der Waals surface area contributed by atoms with E-state index in [0.717, 1.165) is 31.8 Å². The highest BCUT2D eigenvalue weighted by molar-refractivity contribution is 5.81. The summed E-state index contributed by atoms with van der Waals surface area (Å²) in [5.41, 5.74) is 0. The van der Waals surface area contributed by atoms with Crippen LogP contribution < -0.4 is 0 Å². The van der Waals surface area contributed by atoms with Crippen LogP contribution in [0.5, 0.6) is 0 Å². The van der Waals surface area contributed by atoms with Crippen molar-refractivity contribution in [3.63, 3.8) is 0 Å². The molecular weight excluding hydrogens is 350 g/mol. The van der Waals surface area contributed by atoms with Gasteiger partial charge in [0.2, 0.25) is 5.91 Å². The second-order valence-electron chi connectivity index (χ2n) is 7.17. The summed E-state index contributed by atoms with van der Waals surface area (Å²) in [6.45, 7) is 6.22. The van der Waals surface area contributed by atoms with Gasteiger partial charge in [0.05, 0.1) is 6.54 Å². The first-order valence-electron chi connectivity index (χ1n) is 10.9. The molecule has 0 aromatic carbocycles. The van der Waals surface area contributed by atoms with Crippen LogP contribution in [0.4, 0.5) is 0 Å². The molecule has 0 rings (SSSR count). The zero-order valence-electron chi connectivity index (χ0n) is 18.2. The number of rotatable bonds is 18. The van der Waals surface area contributed by atoms with Crippen molar-refractivity contribution in [3.8, 4) is 0 Å². The molecule has 4 heteroatoms. The Hall–Kier alpha value is -1.84. The van der Waals surface area contributed by atoms with E-state index in [0.29, 0.717) is 13.0 Å². The third kappa shape index (κ3) is 17.6. The Morgan fingerprint density at radius 1 is 0.893 bits per heavy atom. The molecule has 0 radical (unpaired) electrons. The predicted octanol–water partition coefficient (Wildman–Crippen LogP) is 5.99. The summed E-state index contributed by atoms with van der Waals surface area (Å²) in [5.74, 6) is -0.338. The topological polar surface area (TPSA) is 46.6 Å². The van der Waals surface area contributed by atoms with Gasteiger partial charge in [0, 0.05) is 19.5 Å². The van der Waals surface area contributed by atoms with Gasteiger partial charge in [-0.1, -0.05) is 69.9 Å². The molecule has 0 heterocycles. The molecule has 0 unspecified atom stereocenters. The molecule has 4 nitrogen and oxygen atoms in total. The van der Waals surface area contributed by atoms with Gasteiger partial charge in [0.25, 0.3) is 0 Å². The van der Waals surface area contributed by atoms with Crippen molar-refractivity contribution in [2.75, 3.05) is 20.2 Å². The molecule has 0 N–H and O–H groups in total. The van der Waals surface area contributed by atoms with Crippen molar-refractivity contribution < 1.29 is 14.3 Å². The standard InChI is InChI=1S/C24H41NO3/c1-4-6-7-8-9-10-11-12-13-14-15-16-17-18-19-20-23(26)25(3)21-22-28-24(27)5-2/h5,9-10,12-13H,2,4,6-8,11,14-22H2,1,3H3. The first kappa shape index (κ1) is 26.2. The SMILES string of the molecule is C=CC(=O)OCCN(C)C(=O)CCCCCCCC=CCC=CCCCCC. The van der Waals surface area contributed by atoms with E-state index in [2.05, 4.69) is 37.8 Å². The van der Waals surface area contributed by atoms with E-state index in [-0.39, 0.29) is 12.5 Å². The molecule has 0 aliphatic carbocycles. The van der Waals surface area contributed by atoms with Gasteiger partial charge in [0.15, 0.2) is 0 Å². The number of hydrogen-bond donors (Lipinski definition) is 0. The number of ether oxygens (including phenoxy) is 1. The highest BCUT2D eigenvalue weighted by Gasteiger charge is 2.08. The first-order valence-corrected chi connectivity index (χ1v) is 10.9. The van der Waals surface area contributed by atoms with Crippen LogP contribution >= 0.6 is 0 Å². The Morgan fingerprint density at radius 3 is 2.14 bits per heavy atom. The minimum absolute atomic E-state index is 0.111. The molecule has 0 saturated heterocycles. The molecule has 0 saturated carbocycles. The van der Waals surface area contributed by atoms with Crippen LogP contribution in [0.25, 0.3) is 0 Å². The summed E-state index contributed by atoms with van der Waals surface area (Å²) in [5, 5.41) is 0. The zero-order valence-corrected chi connectivity index (χ0v) is 18.2. The van der Waals surface area contributed by atoms with Gasteiger partial charge >= 0.3 is 5.97 Å². The fourth-order valence-electron chi connectivity index (χ4n) is 2.75. The maximum absolute atomic E-state index is 12.0. The van der Waals surface area contributed by atoms with Gasteiger partial charge in [-0.2, -0.15) is 0 Å². The van der Waals surface area contributed by atoms with Crippen molar-refractivity contribution in [2.45, 2.75) is 84.0 Å². The van der Waals surface area contributed by atoms with Crippen LogP contribution in [-0.4, -0.2) is 37.0 Å². The lowest BCUT2D eigenvalue weighted by Gasteiger charge is -2.16. The van der Waals surface area contributed by atoms with E-state index in [9.17, 15) is 9.59 Å². The Bertz CT molecular complexity index is 468. The number of unbranched alkanes of at least 4 members (excludes halogenated alkanes) is 8. The van der Waals surface area contributed by atoms with Crippen LogP contribution in [0.1, 0.15) is 84.0 Å². The average Bonchev–Trinajstić information content (AvgIpc) is 2.70. The minimum Gasteiger partial charge on any atom is -0.461 e. The van der Waals surface area contributed by atoms with Gasteiger partial charge in [-0.3, -0.25) is 4.79 Å². The van der Waals surface area contributed by atoms with Crippen molar-refractivity contribution in [1.29, 1.82) is 0 Å². The maximum Gasteiger partial charge on any atom is 0.330 e. The lowest BCUT2D eigenvalue weighted by atomic mass is 10.1. The molecule has 0 fully saturated rings.